The maximum Gasteiger partial charge on any atom is 0.255 e. The summed E-state index contributed by atoms with van der Waals surface area (Å²) < 4.78 is 0. The molecule has 0 aliphatic carbocycles. The van der Waals surface area contributed by atoms with Crippen LogP contribution < -0.4 is 10.2 Å². The van der Waals surface area contributed by atoms with Gasteiger partial charge in [-0.2, -0.15) is 0 Å². The molecule has 0 aliphatic rings. The highest BCUT2D eigenvalue weighted by atomic mass is 35.5. The zero-order valence-electron chi connectivity index (χ0n) is 16.6. The van der Waals surface area contributed by atoms with E-state index in [1.807, 2.05) is 66.5 Å². The molecule has 2 aromatic carbocycles. The molecule has 0 atom stereocenters. The molecule has 4 nitrogen and oxygen atoms in total. The van der Waals surface area contributed by atoms with E-state index in [1.54, 1.807) is 6.20 Å². The minimum Gasteiger partial charge on any atom is -0.329 e. The number of hydrogen-bond donors (Lipinski definition) is 1. The van der Waals surface area contributed by atoms with Gasteiger partial charge in [-0.1, -0.05) is 45.0 Å². The standard InChI is InChI=1S/C23H25N3O.ClH/c1-23(2,3)18-11-13-19(14-12-18)25-22(27)17-8-7-9-20(16-17)26(4)21-10-5-6-15-24-21;/h5-16H,1-4H3,(H,25,27);1H. The lowest BCUT2D eigenvalue weighted by atomic mass is 9.87. The van der Waals surface area contributed by atoms with Crippen LogP contribution in [0.5, 0.6) is 0 Å². The van der Waals surface area contributed by atoms with Crippen molar-refractivity contribution < 1.29 is 4.79 Å². The van der Waals surface area contributed by atoms with Gasteiger partial charge in [-0.05, 0) is 53.4 Å². The number of rotatable bonds is 4. The summed E-state index contributed by atoms with van der Waals surface area (Å²) in [7, 11) is 1.94. The van der Waals surface area contributed by atoms with Crippen LogP contribution in [0, 0.1) is 0 Å². The van der Waals surface area contributed by atoms with Gasteiger partial charge in [0, 0.05) is 30.2 Å². The van der Waals surface area contributed by atoms with Crippen LogP contribution in [-0.2, 0) is 5.41 Å². The molecule has 146 valence electrons. The van der Waals surface area contributed by atoms with Gasteiger partial charge < -0.3 is 10.2 Å². The normalized spacial score (nSPS) is 10.7. The van der Waals surface area contributed by atoms with Gasteiger partial charge in [0.2, 0.25) is 0 Å². The average Bonchev–Trinajstić information content (AvgIpc) is 2.68. The number of benzene rings is 2. The summed E-state index contributed by atoms with van der Waals surface area (Å²) in [6, 6.07) is 21.3. The summed E-state index contributed by atoms with van der Waals surface area (Å²) in [6.45, 7) is 6.51. The monoisotopic (exact) mass is 395 g/mol. The van der Waals surface area contributed by atoms with Crippen LogP contribution >= 0.6 is 12.4 Å². The zero-order chi connectivity index (χ0) is 19.4. The Morgan fingerprint density at radius 1 is 0.964 bits per heavy atom. The fourth-order valence-corrected chi connectivity index (χ4v) is 2.80. The second-order valence-corrected chi connectivity index (χ2v) is 7.58. The number of carbonyl (C=O) groups is 1. The minimum atomic E-state index is -0.130. The first-order valence-electron chi connectivity index (χ1n) is 9.01. The molecular weight excluding hydrogens is 370 g/mol. The molecule has 0 unspecified atom stereocenters. The first-order valence-corrected chi connectivity index (χ1v) is 9.01. The van der Waals surface area contributed by atoms with Gasteiger partial charge in [-0.3, -0.25) is 4.79 Å². The van der Waals surface area contributed by atoms with Crippen LogP contribution in [0.25, 0.3) is 0 Å². The lowest BCUT2D eigenvalue weighted by Gasteiger charge is -2.19. The molecule has 3 aromatic rings. The summed E-state index contributed by atoms with van der Waals surface area (Å²) in [6.07, 6.45) is 1.75. The third-order valence-corrected chi connectivity index (χ3v) is 4.50. The van der Waals surface area contributed by atoms with E-state index in [-0.39, 0.29) is 23.7 Å². The minimum absolute atomic E-state index is 0. The van der Waals surface area contributed by atoms with Gasteiger partial charge >= 0.3 is 0 Å². The summed E-state index contributed by atoms with van der Waals surface area (Å²) >= 11 is 0. The van der Waals surface area contributed by atoms with Crippen molar-refractivity contribution in [2.24, 2.45) is 0 Å². The van der Waals surface area contributed by atoms with Gasteiger partial charge in [0.05, 0.1) is 0 Å². The van der Waals surface area contributed by atoms with Crippen LogP contribution in [0.2, 0.25) is 0 Å². The molecule has 0 saturated heterocycles. The van der Waals surface area contributed by atoms with E-state index in [2.05, 4.69) is 43.2 Å². The summed E-state index contributed by atoms with van der Waals surface area (Å²) in [5.41, 5.74) is 3.63. The van der Waals surface area contributed by atoms with E-state index in [0.717, 1.165) is 17.2 Å². The topological polar surface area (TPSA) is 45.2 Å². The molecule has 1 amide bonds. The molecule has 5 heteroatoms. The molecule has 0 bridgehead atoms. The number of pyridine rings is 1. The Morgan fingerprint density at radius 2 is 1.68 bits per heavy atom. The SMILES string of the molecule is CN(c1cccc(C(=O)Nc2ccc(C(C)(C)C)cc2)c1)c1ccccn1.Cl. The van der Waals surface area contributed by atoms with Crippen molar-refractivity contribution in [2.45, 2.75) is 26.2 Å². The van der Waals surface area contributed by atoms with Gasteiger partial charge in [0.1, 0.15) is 5.82 Å². The van der Waals surface area contributed by atoms with Crippen molar-refractivity contribution in [3.63, 3.8) is 0 Å². The molecule has 28 heavy (non-hydrogen) atoms. The van der Waals surface area contributed by atoms with Crippen molar-refractivity contribution >= 4 is 35.5 Å². The number of anilines is 3. The highest BCUT2D eigenvalue weighted by Crippen LogP contribution is 2.25. The van der Waals surface area contributed by atoms with E-state index in [4.69, 9.17) is 0 Å². The maximum atomic E-state index is 12.7. The van der Waals surface area contributed by atoms with Gasteiger partial charge in [-0.15, -0.1) is 12.4 Å². The molecule has 0 saturated carbocycles. The zero-order valence-corrected chi connectivity index (χ0v) is 17.5. The predicted molar refractivity (Wildman–Crippen MR) is 119 cm³/mol. The van der Waals surface area contributed by atoms with Crippen LogP contribution in [0.3, 0.4) is 0 Å². The van der Waals surface area contributed by atoms with Crippen molar-refractivity contribution in [3.05, 3.63) is 84.1 Å². The van der Waals surface area contributed by atoms with E-state index in [9.17, 15) is 4.79 Å². The van der Waals surface area contributed by atoms with E-state index in [0.29, 0.717) is 5.56 Å². The van der Waals surface area contributed by atoms with Crippen molar-refractivity contribution in [3.8, 4) is 0 Å². The second kappa shape index (κ2) is 8.89. The molecule has 0 spiro atoms. The molecule has 3 rings (SSSR count). The van der Waals surface area contributed by atoms with Crippen LogP contribution in [0.4, 0.5) is 17.2 Å². The Morgan fingerprint density at radius 3 is 2.29 bits per heavy atom. The third kappa shape index (κ3) is 5.11. The van der Waals surface area contributed by atoms with Crippen LogP contribution in [0.15, 0.2) is 72.9 Å². The first-order chi connectivity index (χ1) is 12.8. The largest absolute Gasteiger partial charge is 0.329 e. The Labute approximate surface area is 173 Å². The maximum absolute atomic E-state index is 12.7. The van der Waals surface area contributed by atoms with Gasteiger partial charge in [0.15, 0.2) is 0 Å². The van der Waals surface area contributed by atoms with Crippen molar-refractivity contribution in [1.29, 1.82) is 0 Å². The number of amides is 1. The average molecular weight is 396 g/mol. The van der Waals surface area contributed by atoms with E-state index in [1.165, 1.54) is 5.56 Å². The number of carbonyl (C=O) groups excluding carboxylic acids is 1. The molecule has 0 fully saturated rings. The first kappa shape index (κ1) is 21.5. The molecule has 1 N–H and O–H groups in total. The quantitative estimate of drug-likeness (QED) is 0.605. The third-order valence-electron chi connectivity index (χ3n) is 4.50. The molecule has 1 aromatic heterocycles. The summed E-state index contributed by atoms with van der Waals surface area (Å²) in [5, 5.41) is 2.97. The summed E-state index contributed by atoms with van der Waals surface area (Å²) in [5.74, 6) is 0.697. The number of halogens is 1. The molecular formula is C23H26ClN3O. The number of hydrogen-bond acceptors (Lipinski definition) is 3. The number of aromatic nitrogens is 1. The van der Waals surface area contributed by atoms with E-state index >= 15 is 0 Å². The van der Waals surface area contributed by atoms with Crippen molar-refractivity contribution in [2.75, 3.05) is 17.3 Å². The smallest absolute Gasteiger partial charge is 0.255 e. The second-order valence-electron chi connectivity index (χ2n) is 7.58. The Hall–Kier alpha value is -2.85. The molecule has 1 heterocycles. The van der Waals surface area contributed by atoms with Crippen molar-refractivity contribution in [1.82, 2.24) is 4.98 Å². The fraction of sp³-hybridized carbons (Fsp3) is 0.217. The van der Waals surface area contributed by atoms with E-state index < -0.39 is 0 Å². The lowest BCUT2D eigenvalue weighted by molar-refractivity contribution is 0.102. The highest BCUT2D eigenvalue weighted by Gasteiger charge is 2.14. The molecule has 0 aliphatic heterocycles. The highest BCUT2D eigenvalue weighted by molar-refractivity contribution is 6.04. The molecule has 0 radical (unpaired) electrons. The summed E-state index contributed by atoms with van der Waals surface area (Å²) in [4.78, 5) is 19.0. The van der Waals surface area contributed by atoms with Gasteiger partial charge in [0.25, 0.3) is 5.91 Å². The Kier molecular flexibility index (Phi) is 6.81. The lowest BCUT2D eigenvalue weighted by Crippen LogP contribution is -2.15. The van der Waals surface area contributed by atoms with Crippen LogP contribution in [-0.4, -0.2) is 17.9 Å². The number of nitrogens with one attached hydrogen (secondary N) is 1. The fourth-order valence-electron chi connectivity index (χ4n) is 2.80. The Balaban J connectivity index is 0.00000280. The Bertz CT molecular complexity index is 919. The predicted octanol–water partition coefficient (Wildman–Crippen LogP) is 5.82. The van der Waals surface area contributed by atoms with Crippen LogP contribution in [0.1, 0.15) is 36.7 Å². The number of nitrogens with zero attached hydrogens (tertiary/aromatic N) is 2. The van der Waals surface area contributed by atoms with Gasteiger partial charge in [-0.25, -0.2) is 4.98 Å².